The molecule has 0 saturated heterocycles. The Morgan fingerprint density at radius 1 is 1.37 bits per heavy atom. The van der Waals surface area contributed by atoms with Crippen LogP contribution in [-0.2, 0) is 4.74 Å². The number of nitro benzene ring substituents is 1. The van der Waals surface area contributed by atoms with E-state index in [4.69, 9.17) is 38.0 Å². The minimum atomic E-state index is -2.61. The zero-order chi connectivity index (χ0) is 14.5. The molecule has 0 saturated carbocycles. The summed E-state index contributed by atoms with van der Waals surface area (Å²) >= 11 is 17.3. The first-order valence-electron chi connectivity index (χ1n) is 5.73. The second kappa shape index (κ2) is 7.45. The Hall–Kier alpha value is -0.333. The average molecular weight is 343 g/mol. The molecule has 0 radical (unpaired) electrons. The van der Waals surface area contributed by atoms with Gasteiger partial charge >= 0.3 is 6.00 Å². The maximum absolute atomic E-state index is 10.9. The number of benzene rings is 1. The molecule has 1 aromatic rings. The SMILES string of the molecule is CC(OCCC[Si](Cl)(Cl)Cl)c1ccccc1[N+](=O)[O-]. The van der Waals surface area contributed by atoms with Crippen LogP contribution in [0.2, 0.25) is 6.04 Å². The third-order valence-electron chi connectivity index (χ3n) is 2.54. The molecule has 0 bridgehead atoms. The number of hydrogen-bond acceptors (Lipinski definition) is 3. The van der Waals surface area contributed by atoms with Crippen LogP contribution in [0.25, 0.3) is 0 Å². The lowest BCUT2D eigenvalue weighted by molar-refractivity contribution is -0.386. The molecular formula is C11H14Cl3NO3Si. The van der Waals surface area contributed by atoms with Gasteiger partial charge < -0.3 is 4.74 Å². The quantitative estimate of drug-likeness (QED) is 0.237. The molecule has 19 heavy (non-hydrogen) atoms. The van der Waals surface area contributed by atoms with E-state index in [9.17, 15) is 10.1 Å². The van der Waals surface area contributed by atoms with Gasteiger partial charge in [0.2, 0.25) is 0 Å². The van der Waals surface area contributed by atoms with Crippen LogP contribution in [0.3, 0.4) is 0 Å². The summed E-state index contributed by atoms with van der Waals surface area (Å²) in [5.41, 5.74) is 0.615. The van der Waals surface area contributed by atoms with Crippen LogP contribution >= 0.6 is 33.2 Å². The van der Waals surface area contributed by atoms with E-state index in [2.05, 4.69) is 0 Å². The van der Waals surface area contributed by atoms with Crippen molar-refractivity contribution in [1.82, 2.24) is 0 Å². The predicted octanol–water partition coefficient (Wildman–Crippen LogP) is 4.72. The topological polar surface area (TPSA) is 52.4 Å². The summed E-state index contributed by atoms with van der Waals surface area (Å²) in [4.78, 5) is 10.5. The molecular weight excluding hydrogens is 329 g/mol. The number of nitrogens with zero attached hydrogens (tertiary/aromatic N) is 1. The summed E-state index contributed by atoms with van der Waals surface area (Å²) in [6, 6.07) is 4.43. The lowest BCUT2D eigenvalue weighted by Gasteiger charge is -2.14. The van der Waals surface area contributed by atoms with Crippen LogP contribution in [0, 0.1) is 10.1 Å². The third kappa shape index (κ3) is 6.10. The number of halogens is 3. The van der Waals surface area contributed by atoms with Gasteiger partial charge in [-0.25, -0.2) is 0 Å². The van der Waals surface area contributed by atoms with Gasteiger partial charge in [-0.1, -0.05) is 12.1 Å². The normalized spacial score (nSPS) is 13.3. The summed E-state index contributed by atoms with van der Waals surface area (Å²) < 4.78 is 5.56. The number of ether oxygens (including phenoxy) is 1. The molecule has 0 aliphatic rings. The second-order valence-corrected chi connectivity index (χ2v) is 13.3. The first kappa shape index (κ1) is 16.7. The molecule has 1 unspecified atom stereocenters. The number of hydrogen-bond donors (Lipinski definition) is 0. The Labute approximate surface area is 126 Å². The maximum Gasteiger partial charge on any atom is 0.341 e. The second-order valence-electron chi connectivity index (χ2n) is 4.05. The van der Waals surface area contributed by atoms with Gasteiger partial charge in [0.05, 0.1) is 16.6 Å². The van der Waals surface area contributed by atoms with Crippen LogP contribution in [0.5, 0.6) is 0 Å². The molecule has 106 valence electrons. The average Bonchev–Trinajstić information content (AvgIpc) is 2.33. The fourth-order valence-electron chi connectivity index (χ4n) is 1.62. The van der Waals surface area contributed by atoms with E-state index in [0.717, 1.165) is 0 Å². The minimum Gasteiger partial charge on any atom is -0.374 e. The van der Waals surface area contributed by atoms with E-state index in [-0.39, 0.29) is 11.8 Å². The molecule has 0 aromatic heterocycles. The zero-order valence-electron chi connectivity index (χ0n) is 10.3. The molecule has 0 spiro atoms. The number of para-hydroxylation sites is 1. The van der Waals surface area contributed by atoms with Crippen molar-refractivity contribution in [2.24, 2.45) is 0 Å². The highest BCUT2D eigenvalue weighted by molar-refractivity contribution is 7.64. The van der Waals surface area contributed by atoms with E-state index < -0.39 is 10.9 Å². The molecule has 4 nitrogen and oxygen atoms in total. The molecule has 0 heterocycles. The minimum absolute atomic E-state index is 0.0609. The summed E-state index contributed by atoms with van der Waals surface area (Å²) in [6.07, 6.45) is 0.270. The van der Waals surface area contributed by atoms with E-state index in [0.29, 0.717) is 24.6 Å². The highest BCUT2D eigenvalue weighted by Crippen LogP contribution is 2.29. The zero-order valence-corrected chi connectivity index (χ0v) is 13.6. The first-order valence-corrected chi connectivity index (χ1v) is 11.0. The van der Waals surface area contributed by atoms with Crippen LogP contribution < -0.4 is 0 Å². The Bertz CT molecular complexity index is 439. The van der Waals surface area contributed by atoms with Crippen molar-refractivity contribution in [3.8, 4) is 0 Å². The molecule has 0 N–H and O–H groups in total. The fraction of sp³-hybridized carbons (Fsp3) is 0.455. The molecule has 0 aliphatic carbocycles. The molecule has 0 amide bonds. The van der Waals surface area contributed by atoms with Crippen LogP contribution in [0.15, 0.2) is 24.3 Å². The Morgan fingerprint density at radius 2 is 2.00 bits per heavy atom. The van der Waals surface area contributed by atoms with Gasteiger partial charge in [0.15, 0.2) is 0 Å². The van der Waals surface area contributed by atoms with Crippen LogP contribution in [0.4, 0.5) is 5.69 Å². The smallest absolute Gasteiger partial charge is 0.341 e. The summed E-state index contributed by atoms with van der Waals surface area (Å²) in [5.74, 6) is 0. The molecule has 1 aromatic carbocycles. The van der Waals surface area contributed by atoms with Crippen molar-refractivity contribution in [2.45, 2.75) is 25.5 Å². The van der Waals surface area contributed by atoms with Crippen molar-refractivity contribution in [3.05, 3.63) is 39.9 Å². The van der Waals surface area contributed by atoms with Gasteiger partial charge in [0.25, 0.3) is 5.69 Å². The molecule has 1 rings (SSSR count). The molecule has 8 heteroatoms. The van der Waals surface area contributed by atoms with Gasteiger partial charge in [-0.05, 0) is 25.5 Å². The maximum atomic E-state index is 10.9. The van der Waals surface area contributed by atoms with Crippen molar-refractivity contribution < 1.29 is 9.66 Å². The van der Waals surface area contributed by atoms with Crippen LogP contribution in [0.1, 0.15) is 25.0 Å². The number of rotatable bonds is 7. The van der Waals surface area contributed by atoms with E-state index in [1.54, 1.807) is 25.1 Å². The molecule has 0 aliphatic heterocycles. The Kier molecular flexibility index (Phi) is 6.56. The molecule has 1 atom stereocenters. The Balaban J connectivity index is 2.54. The lowest BCUT2D eigenvalue weighted by Crippen LogP contribution is -2.11. The van der Waals surface area contributed by atoms with Crippen LogP contribution in [-0.4, -0.2) is 17.5 Å². The largest absolute Gasteiger partial charge is 0.374 e. The summed E-state index contributed by atoms with van der Waals surface area (Å²) in [6.45, 7) is 2.18. The van der Waals surface area contributed by atoms with Gasteiger partial charge in [0.1, 0.15) is 0 Å². The number of nitro groups is 1. The van der Waals surface area contributed by atoms with Crippen molar-refractivity contribution >= 4 is 44.9 Å². The summed E-state index contributed by atoms with van der Waals surface area (Å²) in [5, 5.41) is 10.9. The fourth-order valence-corrected chi connectivity index (χ4v) is 3.37. The third-order valence-corrected chi connectivity index (χ3v) is 5.17. The van der Waals surface area contributed by atoms with Crippen molar-refractivity contribution in [2.75, 3.05) is 6.61 Å². The van der Waals surface area contributed by atoms with Gasteiger partial charge in [-0.3, -0.25) is 10.1 Å². The lowest BCUT2D eigenvalue weighted by atomic mass is 10.1. The Morgan fingerprint density at radius 3 is 2.58 bits per heavy atom. The van der Waals surface area contributed by atoms with E-state index in [1.807, 2.05) is 0 Å². The van der Waals surface area contributed by atoms with Gasteiger partial charge in [0, 0.05) is 12.7 Å². The molecule has 0 fully saturated rings. The highest BCUT2D eigenvalue weighted by Gasteiger charge is 2.24. The van der Waals surface area contributed by atoms with E-state index in [1.165, 1.54) is 6.07 Å². The monoisotopic (exact) mass is 341 g/mol. The predicted molar refractivity (Wildman–Crippen MR) is 80.2 cm³/mol. The van der Waals surface area contributed by atoms with Crippen molar-refractivity contribution in [3.63, 3.8) is 0 Å². The first-order chi connectivity index (χ1) is 8.81. The van der Waals surface area contributed by atoms with E-state index >= 15 is 0 Å². The van der Waals surface area contributed by atoms with Gasteiger partial charge in [-0.2, -0.15) is 0 Å². The van der Waals surface area contributed by atoms with Crippen molar-refractivity contribution in [1.29, 1.82) is 0 Å². The summed E-state index contributed by atoms with van der Waals surface area (Å²) in [7, 11) is 0. The highest BCUT2D eigenvalue weighted by atomic mass is 35.8. The standard InChI is InChI=1S/C11H14Cl3NO3Si/c1-9(18-7-4-8-19(12,13)14)10-5-2-3-6-11(10)15(16)17/h2-3,5-6,9H,4,7-8H2,1H3. The van der Waals surface area contributed by atoms with Gasteiger partial charge in [-0.15, -0.1) is 33.2 Å².